The van der Waals surface area contributed by atoms with Crippen molar-refractivity contribution in [2.75, 3.05) is 0 Å². The summed E-state index contributed by atoms with van der Waals surface area (Å²) < 4.78 is 10.5. The van der Waals surface area contributed by atoms with E-state index in [1.165, 1.54) is 5.56 Å². The molecule has 3 heteroatoms. The zero-order valence-electron chi connectivity index (χ0n) is 10.4. The number of aromatic nitrogens is 1. The van der Waals surface area contributed by atoms with E-state index in [2.05, 4.69) is 38.1 Å². The molecule has 0 fully saturated rings. The maximum absolute atomic E-state index is 5.58. The van der Waals surface area contributed by atoms with E-state index in [0.29, 0.717) is 6.61 Å². The highest BCUT2D eigenvalue weighted by Gasteiger charge is 2.12. The quantitative estimate of drug-likeness (QED) is 0.810. The van der Waals surface area contributed by atoms with Crippen LogP contribution in [0.2, 0.25) is 0 Å². The lowest BCUT2D eigenvalue weighted by Gasteiger charge is -2.19. The van der Waals surface area contributed by atoms with Crippen molar-refractivity contribution >= 4 is 0 Å². The predicted octanol–water partition coefficient (Wildman–Crippen LogP) is 3.55. The average Bonchev–Trinajstić information content (AvgIpc) is 2.78. The molecule has 0 atom stereocenters. The van der Waals surface area contributed by atoms with Crippen molar-refractivity contribution in [3.05, 3.63) is 47.9 Å². The monoisotopic (exact) mass is 231 g/mol. The van der Waals surface area contributed by atoms with Crippen molar-refractivity contribution in [1.82, 2.24) is 5.16 Å². The summed E-state index contributed by atoms with van der Waals surface area (Å²) in [6.07, 6.45) is 1.61. The number of nitrogens with zero attached hydrogens (tertiary/aromatic N) is 1. The molecule has 0 radical (unpaired) electrons. The number of benzene rings is 1. The first kappa shape index (κ1) is 11.7. The summed E-state index contributed by atoms with van der Waals surface area (Å²) in [6, 6.07) is 9.95. The van der Waals surface area contributed by atoms with Crippen LogP contribution in [0.5, 0.6) is 5.75 Å². The van der Waals surface area contributed by atoms with Gasteiger partial charge in [-0.3, -0.25) is 0 Å². The molecule has 1 aromatic carbocycles. The maximum Gasteiger partial charge on any atom is 0.174 e. The molecule has 0 spiro atoms. The van der Waals surface area contributed by atoms with E-state index in [4.69, 9.17) is 9.26 Å². The van der Waals surface area contributed by atoms with Gasteiger partial charge in [0.1, 0.15) is 12.4 Å². The predicted molar refractivity (Wildman–Crippen MR) is 66.0 cm³/mol. The number of hydrogen-bond acceptors (Lipinski definition) is 3. The van der Waals surface area contributed by atoms with Crippen molar-refractivity contribution in [1.29, 1.82) is 0 Å². The summed E-state index contributed by atoms with van der Waals surface area (Å²) in [4.78, 5) is 0. The fourth-order valence-electron chi connectivity index (χ4n) is 1.52. The van der Waals surface area contributed by atoms with Crippen molar-refractivity contribution in [2.45, 2.75) is 32.8 Å². The maximum atomic E-state index is 5.58. The van der Waals surface area contributed by atoms with Crippen LogP contribution in [0, 0.1) is 0 Å². The molecular weight excluding hydrogens is 214 g/mol. The first-order chi connectivity index (χ1) is 8.05. The van der Waals surface area contributed by atoms with Gasteiger partial charge in [0.05, 0.1) is 6.20 Å². The first-order valence-electron chi connectivity index (χ1n) is 5.68. The highest BCUT2D eigenvalue weighted by molar-refractivity contribution is 5.31. The van der Waals surface area contributed by atoms with E-state index in [0.717, 1.165) is 11.5 Å². The summed E-state index contributed by atoms with van der Waals surface area (Å²) in [5.74, 6) is 1.57. The van der Waals surface area contributed by atoms with Gasteiger partial charge in [-0.05, 0) is 23.1 Å². The van der Waals surface area contributed by atoms with Gasteiger partial charge in [-0.2, -0.15) is 0 Å². The van der Waals surface area contributed by atoms with E-state index in [9.17, 15) is 0 Å². The molecule has 1 heterocycles. The number of ether oxygens (including phenoxy) is 1. The molecule has 0 aliphatic carbocycles. The lowest BCUT2D eigenvalue weighted by Crippen LogP contribution is -2.10. The molecule has 0 amide bonds. The smallest absolute Gasteiger partial charge is 0.174 e. The lowest BCUT2D eigenvalue weighted by molar-refractivity contribution is 0.249. The summed E-state index contributed by atoms with van der Waals surface area (Å²) >= 11 is 0. The van der Waals surface area contributed by atoms with E-state index in [1.807, 2.05) is 12.1 Å². The lowest BCUT2D eigenvalue weighted by atomic mass is 9.87. The fourth-order valence-corrected chi connectivity index (χ4v) is 1.52. The highest BCUT2D eigenvalue weighted by Crippen LogP contribution is 2.24. The van der Waals surface area contributed by atoms with Gasteiger partial charge >= 0.3 is 0 Å². The Morgan fingerprint density at radius 2 is 1.82 bits per heavy atom. The molecule has 0 aliphatic heterocycles. The van der Waals surface area contributed by atoms with E-state index < -0.39 is 0 Å². The molecule has 0 saturated heterocycles. The third-order valence-electron chi connectivity index (χ3n) is 2.59. The Bertz CT molecular complexity index is 452. The Hall–Kier alpha value is -1.77. The van der Waals surface area contributed by atoms with Gasteiger partial charge in [0, 0.05) is 6.07 Å². The van der Waals surface area contributed by atoms with E-state index in [1.54, 1.807) is 12.3 Å². The Labute approximate surface area is 101 Å². The molecule has 0 bridgehead atoms. The minimum atomic E-state index is 0.170. The minimum Gasteiger partial charge on any atom is -0.486 e. The minimum absolute atomic E-state index is 0.170. The van der Waals surface area contributed by atoms with Crippen LogP contribution < -0.4 is 4.74 Å². The second-order valence-electron chi connectivity index (χ2n) is 5.04. The van der Waals surface area contributed by atoms with Gasteiger partial charge in [-0.25, -0.2) is 0 Å². The van der Waals surface area contributed by atoms with Gasteiger partial charge < -0.3 is 9.26 Å². The first-order valence-corrected chi connectivity index (χ1v) is 5.68. The molecule has 2 rings (SSSR count). The largest absolute Gasteiger partial charge is 0.486 e. The molecule has 0 unspecified atom stereocenters. The standard InChI is InChI=1S/C14H17NO2/c1-14(2,3)11-4-6-12(7-5-11)16-10-13-8-9-15-17-13/h4-9H,10H2,1-3H3. The molecule has 0 saturated carbocycles. The molecule has 17 heavy (non-hydrogen) atoms. The summed E-state index contributed by atoms with van der Waals surface area (Å²) in [5, 5.41) is 3.63. The van der Waals surface area contributed by atoms with Crippen LogP contribution in [0.15, 0.2) is 41.1 Å². The fraction of sp³-hybridized carbons (Fsp3) is 0.357. The van der Waals surface area contributed by atoms with Crippen LogP contribution in [0.25, 0.3) is 0 Å². The molecule has 2 aromatic rings. The summed E-state index contributed by atoms with van der Waals surface area (Å²) in [7, 11) is 0. The van der Waals surface area contributed by atoms with Crippen LogP contribution in [-0.4, -0.2) is 5.16 Å². The average molecular weight is 231 g/mol. The van der Waals surface area contributed by atoms with Gasteiger partial charge in [0.2, 0.25) is 0 Å². The second kappa shape index (κ2) is 4.62. The van der Waals surface area contributed by atoms with Crippen LogP contribution >= 0.6 is 0 Å². The molecule has 3 nitrogen and oxygen atoms in total. The Morgan fingerprint density at radius 3 is 2.35 bits per heavy atom. The van der Waals surface area contributed by atoms with Crippen LogP contribution in [0.3, 0.4) is 0 Å². The van der Waals surface area contributed by atoms with Crippen molar-refractivity contribution in [3.8, 4) is 5.75 Å². The van der Waals surface area contributed by atoms with Gasteiger partial charge in [0.15, 0.2) is 5.76 Å². The normalized spacial score (nSPS) is 11.5. The van der Waals surface area contributed by atoms with Crippen LogP contribution in [-0.2, 0) is 12.0 Å². The molecule has 0 aliphatic rings. The van der Waals surface area contributed by atoms with Crippen molar-refractivity contribution in [2.24, 2.45) is 0 Å². The van der Waals surface area contributed by atoms with E-state index in [-0.39, 0.29) is 5.41 Å². The molecule has 0 N–H and O–H groups in total. The SMILES string of the molecule is CC(C)(C)c1ccc(OCc2ccno2)cc1. The van der Waals surface area contributed by atoms with Crippen LogP contribution in [0.1, 0.15) is 32.1 Å². The van der Waals surface area contributed by atoms with Crippen LogP contribution in [0.4, 0.5) is 0 Å². The van der Waals surface area contributed by atoms with E-state index >= 15 is 0 Å². The Morgan fingerprint density at radius 1 is 1.12 bits per heavy atom. The van der Waals surface area contributed by atoms with Crippen molar-refractivity contribution in [3.63, 3.8) is 0 Å². The third kappa shape index (κ3) is 3.09. The molecular formula is C14H17NO2. The topological polar surface area (TPSA) is 35.3 Å². The Kier molecular flexibility index (Phi) is 3.18. The molecule has 90 valence electrons. The zero-order chi connectivity index (χ0) is 12.3. The van der Waals surface area contributed by atoms with Gasteiger partial charge in [0.25, 0.3) is 0 Å². The zero-order valence-corrected chi connectivity index (χ0v) is 10.4. The number of hydrogen-bond donors (Lipinski definition) is 0. The summed E-state index contributed by atoms with van der Waals surface area (Å²) in [6.45, 7) is 6.99. The third-order valence-corrected chi connectivity index (χ3v) is 2.59. The van der Waals surface area contributed by atoms with Gasteiger partial charge in [-0.15, -0.1) is 0 Å². The number of rotatable bonds is 3. The van der Waals surface area contributed by atoms with Gasteiger partial charge in [-0.1, -0.05) is 38.1 Å². The van der Waals surface area contributed by atoms with Crippen molar-refractivity contribution < 1.29 is 9.26 Å². The highest BCUT2D eigenvalue weighted by atomic mass is 16.5. The summed E-state index contributed by atoms with van der Waals surface area (Å²) in [5.41, 5.74) is 1.47. The second-order valence-corrected chi connectivity index (χ2v) is 5.04. The molecule has 1 aromatic heterocycles. The Balaban J connectivity index is 1.99.